The van der Waals surface area contributed by atoms with Crippen LogP contribution in [0.5, 0.6) is 0 Å². The number of nitriles is 1. The van der Waals surface area contributed by atoms with Crippen molar-refractivity contribution >= 4 is 17.3 Å². The number of hydrogen-bond donors (Lipinski definition) is 1. The third kappa shape index (κ3) is 2.77. The van der Waals surface area contributed by atoms with Gasteiger partial charge >= 0.3 is 0 Å². The van der Waals surface area contributed by atoms with Crippen LogP contribution in [0.1, 0.15) is 11.3 Å². The standard InChI is InChI=1S/C12H11ClN4/c1-17-5-4-10(16-17)8-15-12-3-2-9(7-14)6-11(12)13/h2-6,15H,8H2,1H3. The zero-order valence-electron chi connectivity index (χ0n) is 9.31. The van der Waals surface area contributed by atoms with E-state index in [2.05, 4.69) is 10.4 Å². The number of nitrogens with one attached hydrogen (secondary N) is 1. The predicted molar refractivity (Wildman–Crippen MR) is 66.7 cm³/mol. The van der Waals surface area contributed by atoms with E-state index in [-0.39, 0.29) is 0 Å². The summed E-state index contributed by atoms with van der Waals surface area (Å²) in [5.74, 6) is 0. The summed E-state index contributed by atoms with van der Waals surface area (Å²) in [7, 11) is 1.87. The van der Waals surface area contributed by atoms with Crippen molar-refractivity contribution in [2.24, 2.45) is 7.05 Å². The SMILES string of the molecule is Cn1ccc(CNc2ccc(C#N)cc2Cl)n1. The molecule has 17 heavy (non-hydrogen) atoms. The van der Waals surface area contributed by atoms with Crippen molar-refractivity contribution in [2.45, 2.75) is 6.54 Å². The Bertz CT molecular complexity index is 568. The van der Waals surface area contributed by atoms with Crippen LogP contribution in [0.3, 0.4) is 0 Å². The van der Waals surface area contributed by atoms with Gasteiger partial charge in [-0.2, -0.15) is 10.4 Å². The highest BCUT2D eigenvalue weighted by atomic mass is 35.5. The molecule has 0 bridgehead atoms. The first-order valence-electron chi connectivity index (χ1n) is 5.11. The van der Waals surface area contributed by atoms with E-state index in [1.54, 1.807) is 22.9 Å². The Morgan fingerprint density at radius 2 is 2.29 bits per heavy atom. The normalized spacial score (nSPS) is 9.94. The highest BCUT2D eigenvalue weighted by Gasteiger charge is 2.02. The van der Waals surface area contributed by atoms with Gasteiger partial charge in [0, 0.05) is 13.2 Å². The summed E-state index contributed by atoms with van der Waals surface area (Å²) >= 11 is 6.04. The second kappa shape index (κ2) is 4.89. The van der Waals surface area contributed by atoms with E-state index in [1.165, 1.54) is 0 Å². The Balaban J connectivity index is 2.07. The number of halogens is 1. The molecule has 2 rings (SSSR count). The van der Waals surface area contributed by atoms with Gasteiger partial charge in [0.1, 0.15) is 0 Å². The minimum Gasteiger partial charge on any atom is -0.378 e. The topological polar surface area (TPSA) is 53.6 Å². The van der Waals surface area contributed by atoms with Crippen molar-refractivity contribution in [1.82, 2.24) is 9.78 Å². The van der Waals surface area contributed by atoms with Crippen molar-refractivity contribution in [3.8, 4) is 6.07 Å². The lowest BCUT2D eigenvalue weighted by Gasteiger charge is -2.06. The van der Waals surface area contributed by atoms with E-state index in [0.29, 0.717) is 17.1 Å². The highest BCUT2D eigenvalue weighted by Crippen LogP contribution is 2.23. The number of aryl methyl sites for hydroxylation is 1. The maximum absolute atomic E-state index is 8.72. The van der Waals surface area contributed by atoms with Crippen LogP contribution in [0.2, 0.25) is 5.02 Å². The van der Waals surface area contributed by atoms with E-state index in [1.807, 2.05) is 25.4 Å². The molecule has 5 heteroatoms. The van der Waals surface area contributed by atoms with E-state index in [0.717, 1.165) is 11.4 Å². The van der Waals surface area contributed by atoms with Gasteiger partial charge in [-0.3, -0.25) is 4.68 Å². The molecule has 0 fully saturated rings. The maximum atomic E-state index is 8.72. The third-order valence-electron chi connectivity index (χ3n) is 2.33. The van der Waals surface area contributed by atoms with Crippen LogP contribution < -0.4 is 5.32 Å². The molecule has 0 radical (unpaired) electrons. The van der Waals surface area contributed by atoms with Crippen LogP contribution in [-0.4, -0.2) is 9.78 Å². The molecule has 86 valence electrons. The number of anilines is 1. The Morgan fingerprint density at radius 1 is 1.47 bits per heavy atom. The fraction of sp³-hybridized carbons (Fsp3) is 0.167. The predicted octanol–water partition coefficient (Wildman–Crippen LogP) is 2.56. The lowest BCUT2D eigenvalue weighted by Crippen LogP contribution is -2.01. The van der Waals surface area contributed by atoms with Crippen molar-refractivity contribution in [2.75, 3.05) is 5.32 Å². The molecular weight excluding hydrogens is 236 g/mol. The van der Waals surface area contributed by atoms with Gasteiger partial charge in [0.05, 0.1) is 34.6 Å². The molecule has 1 aromatic carbocycles. The number of benzene rings is 1. The number of aromatic nitrogens is 2. The molecule has 0 amide bonds. The molecule has 0 aliphatic carbocycles. The Hall–Kier alpha value is -1.99. The Morgan fingerprint density at radius 3 is 2.88 bits per heavy atom. The first-order valence-corrected chi connectivity index (χ1v) is 5.49. The van der Waals surface area contributed by atoms with Gasteiger partial charge in [-0.25, -0.2) is 0 Å². The van der Waals surface area contributed by atoms with Crippen molar-refractivity contribution in [1.29, 1.82) is 5.26 Å². The van der Waals surface area contributed by atoms with Crippen molar-refractivity contribution in [3.63, 3.8) is 0 Å². The van der Waals surface area contributed by atoms with Crippen LogP contribution in [0.15, 0.2) is 30.5 Å². The molecule has 0 saturated carbocycles. The lowest BCUT2D eigenvalue weighted by atomic mass is 10.2. The molecule has 4 nitrogen and oxygen atoms in total. The van der Waals surface area contributed by atoms with Gasteiger partial charge < -0.3 is 5.32 Å². The highest BCUT2D eigenvalue weighted by molar-refractivity contribution is 6.33. The molecule has 1 aromatic heterocycles. The van der Waals surface area contributed by atoms with Gasteiger partial charge in [0.2, 0.25) is 0 Å². The van der Waals surface area contributed by atoms with Gasteiger partial charge in [-0.05, 0) is 24.3 Å². The molecular formula is C12H11ClN4. The second-order valence-electron chi connectivity index (χ2n) is 3.64. The number of hydrogen-bond acceptors (Lipinski definition) is 3. The van der Waals surface area contributed by atoms with Gasteiger partial charge in [0.15, 0.2) is 0 Å². The molecule has 0 aliphatic heterocycles. The van der Waals surface area contributed by atoms with Crippen LogP contribution in [0.25, 0.3) is 0 Å². The molecule has 1 N–H and O–H groups in total. The van der Waals surface area contributed by atoms with E-state index >= 15 is 0 Å². The summed E-state index contributed by atoms with van der Waals surface area (Å²) in [5.41, 5.74) is 2.29. The summed E-state index contributed by atoms with van der Waals surface area (Å²) in [6.45, 7) is 0.604. The van der Waals surface area contributed by atoms with Gasteiger partial charge in [-0.15, -0.1) is 0 Å². The molecule has 2 aromatic rings. The molecule has 0 spiro atoms. The van der Waals surface area contributed by atoms with Crippen LogP contribution in [-0.2, 0) is 13.6 Å². The molecule has 0 unspecified atom stereocenters. The average Bonchev–Trinajstić information content (AvgIpc) is 2.73. The first kappa shape index (κ1) is 11.5. The zero-order valence-corrected chi connectivity index (χ0v) is 10.1. The van der Waals surface area contributed by atoms with E-state index < -0.39 is 0 Å². The van der Waals surface area contributed by atoms with Crippen molar-refractivity contribution < 1.29 is 0 Å². The Labute approximate surface area is 104 Å². The average molecular weight is 247 g/mol. The fourth-order valence-electron chi connectivity index (χ4n) is 1.47. The van der Waals surface area contributed by atoms with Crippen LogP contribution in [0.4, 0.5) is 5.69 Å². The summed E-state index contributed by atoms with van der Waals surface area (Å²) in [6.07, 6.45) is 1.89. The van der Waals surface area contributed by atoms with Crippen LogP contribution >= 0.6 is 11.6 Å². The second-order valence-corrected chi connectivity index (χ2v) is 4.05. The lowest BCUT2D eigenvalue weighted by molar-refractivity contribution is 0.747. The fourth-order valence-corrected chi connectivity index (χ4v) is 1.72. The van der Waals surface area contributed by atoms with Crippen molar-refractivity contribution in [3.05, 3.63) is 46.7 Å². The quantitative estimate of drug-likeness (QED) is 0.906. The summed E-state index contributed by atoms with van der Waals surface area (Å²) in [6, 6.07) is 9.14. The minimum atomic E-state index is 0.542. The maximum Gasteiger partial charge on any atom is 0.0992 e. The Kier molecular flexibility index (Phi) is 3.31. The third-order valence-corrected chi connectivity index (χ3v) is 2.64. The summed E-state index contributed by atoms with van der Waals surface area (Å²) in [5, 5.41) is 16.7. The molecule has 0 atom stereocenters. The number of nitrogens with zero attached hydrogens (tertiary/aromatic N) is 3. The van der Waals surface area contributed by atoms with Gasteiger partial charge in [-0.1, -0.05) is 11.6 Å². The van der Waals surface area contributed by atoms with E-state index in [4.69, 9.17) is 16.9 Å². The zero-order chi connectivity index (χ0) is 12.3. The monoisotopic (exact) mass is 246 g/mol. The van der Waals surface area contributed by atoms with E-state index in [9.17, 15) is 0 Å². The molecule has 0 aliphatic rings. The molecule has 0 saturated heterocycles. The molecule has 1 heterocycles. The number of rotatable bonds is 3. The summed E-state index contributed by atoms with van der Waals surface area (Å²) in [4.78, 5) is 0. The smallest absolute Gasteiger partial charge is 0.0992 e. The summed E-state index contributed by atoms with van der Waals surface area (Å²) < 4.78 is 1.75. The minimum absolute atomic E-state index is 0.542. The van der Waals surface area contributed by atoms with Crippen LogP contribution in [0, 0.1) is 11.3 Å². The largest absolute Gasteiger partial charge is 0.378 e. The van der Waals surface area contributed by atoms with Gasteiger partial charge in [0.25, 0.3) is 0 Å². The first-order chi connectivity index (χ1) is 8.19.